The van der Waals surface area contributed by atoms with Crippen LogP contribution < -0.4 is 10.6 Å². The number of ether oxygens (including phenoxy) is 1. The molecule has 1 aliphatic heterocycles. The van der Waals surface area contributed by atoms with E-state index in [1.165, 1.54) is 0 Å². The molecule has 0 aliphatic carbocycles. The molecule has 0 aromatic carbocycles. The molecular formula is C12H26N4O. The largest absolute Gasteiger partial charge is 0.379 e. The van der Waals surface area contributed by atoms with Crippen LogP contribution in [0.15, 0.2) is 4.99 Å². The minimum Gasteiger partial charge on any atom is -0.379 e. The fraction of sp³-hybridized carbons (Fsp3) is 0.917. The molecule has 0 aromatic heterocycles. The highest BCUT2D eigenvalue weighted by Crippen LogP contribution is 1.95. The number of nitrogens with one attached hydrogen (secondary N) is 2. The van der Waals surface area contributed by atoms with Crippen LogP contribution in [0.25, 0.3) is 0 Å². The lowest BCUT2D eigenvalue weighted by atomic mass is 10.4. The molecule has 0 aromatic rings. The van der Waals surface area contributed by atoms with Gasteiger partial charge in [-0.2, -0.15) is 0 Å². The Morgan fingerprint density at radius 2 is 2.06 bits per heavy atom. The summed E-state index contributed by atoms with van der Waals surface area (Å²) < 4.78 is 5.32. The van der Waals surface area contributed by atoms with Crippen molar-refractivity contribution in [1.29, 1.82) is 0 Å². The van der Waals surface area contributed by atoms with E-state index in [1.807, 2.05) is 0 Å². The zero-order chi connectivity index (χ0) is 12.5. The van der Waals surface area contributed by atoms with E-state index >= 15 is 0 Å². The van der Waals surface area contributed by atoms with Crippen molar-refractivity contribution >= 4 is 5.96 Å². The number of nitrogens with zero attached hydrogens (tertiary/aromatic N) is 2. The second kappa shape index (κ2) is 8.31. The summed E-state index contributed by atoms with van der Waals surface area (Å²) >= 11 is 0. The second-order valence-electron chi connectivity index (χ2n) is 4.51. The Morgan fingerprint density at radius 3 is 2.65 bits per heavy atom. The third-order valence-corrected chi connectivity index (χ3v) is 2.56. The Hall–Kier alpha value is -0.810. The molecule has 100 valence electrons. The number of morpholine rings is 1. The molecular weight excluding hydrogens is 216 g/mol. The molecule has 1 fully saturated rings. The van der Waals surface area contributed by atoms with Crippen molar-refractivity contribution in [2.45, 2.75) is 26.8 Å². The van der Waals surface area contributed by atoms with Gasteiger partial charge in [-0.05, 0) is 20.8 Å². The van der Waals surface area contributed by atoms with Gasteiger partial charge in [-0.25, -0.2) is 0 Å². The fourth-order valence-corrected chi connectivity index (χ4v) is 1.72. The molecule has 0 saturated carbocycles. The molecule has 17 heavy (non-hydrogen) atoms. The number of hydrogen-bond acceptors (Lipinski definition) is 3. The Labute approximate surface area is 105 Å². The zero-order valence-electron chi connectivity index (χ0n) is 11.3. The lowest BCUT2D eigenvalue weighted by Crippen LogP contribution is -2.42. The average Bonchev–Trinajstić information content (AvgIpc) is 2.30. The minimum absolute atomic E-state index is 0.413. The first kappa shape index (κ1) is 14.3. The number of rotatable bonds is 5. The third kappa shape index (κ3) is 6.48. The second-order valence-corrected chi connectivity index (χ2v) is 4.51. The highest BCUT2D eigenvalue weighted by atomic mass is 16.5. The van der Waals surface area contributed by atoms with Crippen molar-refractivity contribution in [3.8, 4) is 0 Å². The van der Waals surface area contributed by atoms with Crippen molar-refractivity contribution in [1.82, 2.24) is 15.5 Å². The molecule has 0 amide bonds. The van der Waals surface area contributed by atoms with Crippen LogP contribution in [0.5, 0.6) is 0 Å². The normalized spacial score (nSPS) is 18.5. The first-order valence-corrected chi connectivity index (χ1v) is 6.57. The summed E-state index contributed by atoms with van der Waals surface area (Å²) in [5, 5.41) is 6.56. The van der Waals surface area contributed by atoms with Gasteiger partial charge < -0.3 is 15.4 Å². The Balaban J connectivity index is 2.26. The molecule has 1 heterocycles. The van der Waals surface area contributed by atoms with Gasteiger partial charge in [-0.15, -0.1) is 0 Å². The number of aliphatic imine (C=N–C) groups is 1. The number of guanidine groups is 1. The lowest BCUT2D eigenvalue weighted by Gasteiger charge is -2.25. The van der Waals surface area contributed by atoms with E-state index in [9.17, 15) is 0 Å². The van der Waals surface area contributed by atoms with Crippen LogP contribution in [0.3, 0.4) is 0 Å². The zero-order valence-corrected chi connectivity index (χ0v) is 11.3. The van der Waals surface area contributed by atoms with Gasteiger partial charge in [0.1, 0.15) is 0 Å². The Morgan fingerprint density at radius 1 is 1.35 bits per heavy atom. The quantitative estimate of drug-likeness (QED) is 0.537. The molecule has 1 saturated heterocycles. The summed E-state index contributed by atoms with van der Waals surface area (Å²) in [4.78, 5) is 6.95. The van der Waals surface area contributed by atoms with Crippen LogP contribution in [-0.2, 0) is 4.74 Å². The van der Waals surface area contributed by atoms with Crippen molar-refractivity contribution in [3.05, 3.63) is 0 Å². The molecule has 2 N–H and O–H groups in total. The maximum absolute atomic E-state index is 5.32. The minimum atomic E-state index is 0.413. The maximum atomic E-state index is 5.32. The standard InChI is InChI=1S/C12H26N4O/c1-4-13-12(15-11(2)3)14-5-6-16-7-9-17-10-8-16/h11H,4-10H2,1-3H3,(H2,13,14,15). The van der Waals surface area contributed by atoms with Gasteiger partial charge in [0.05, 0.1) is 19.8 Å². The van der Waals surface area contributed by atoms with Crippen LogP contribution in [0.1, 0.15) is 20.8 Å². The summed E-state index contributed by atoms with van der Waals surface area (Å²) in [5.41, 5.74) is 0. The first-order valence-electron chi connectivity index (χ1n) is 6.57. The molecule has 1 aliphatic rings. The van der Waals surface area contributed by atoms with Gasteiger partial charge in [-0.3, -0.25) is 9.89 Å². The van der Waals surface area contributed by atoms with E-state index in [2.05, 4.69) is 41.3 Å². The van der Waals surface area contributed by atoms with E-state index < -0.39 is 0 Å². The van der Waals surface area contributed by atoms with Crippen LogP contribution in [0, 0.1) is 0 Å². The molecule has 0 bridgehead atoms. The van der Waals surface area contributed by atoms with Crippen LogP contribution in [-0.4, -0.2) is 62.8 Å². The van der Waals surface area contributed by atoms with Gasteiger partial charge in [-0.1, -0.05) is 0 Å². The predicted octanol–water partition coefficient (Wildman–Crippen LogP) is 0.282. The summed E-state index contributed by atoms with van der Waals surface area (Å²) in [7, 11) is 0. The summed E-state index contributed by atoms with van der Waals surface area (Å²) in [6.07, 6.45) is 0. The predicted molar refractivity (Wildman–Crippen MR) is 71.5 cm³/mol. The monoisotopic (exact) mass is 242 g/mol. The van der Waals surface area contributed by atoms with Crippen LogP contribution in [0.2, 0.25) is 0 Å². The van der Waals surface area contributed by atoms with Crippen LogP contribution >= 0.6 is 0 Å². The first-order chi connectivity index (χ1) is 8.22. The lowest BCUT2D eigenvalue weighted by molar-refractivity contribution is 0.0394. The summed E-state index contributed by atoms with van der Waals surface area (Å²) in [6, 6.07) is 0.413. The van der Waals surface area contributed by atoms with Crippen molar-refractivity contribution in [2.75, 3.05) is 45.9 Å². The molecule has 0 radical (unpaired) electrons. The van der Waals surface area contributed by atoms with E-state index in [0.29, 0.717) is 6.04 Å². The molecule has 0 unspecified atom stereocenters. The topological polar surface area (TPSA) is 48.9 Å². The van der Waals surface area contributed by atoms with Gasteiger partial charge in [0.15, 0.2) is 5.96 Å². The van der Waals surface area contributed by atoms with E-state index in [0.717, 1.165) is 51.9 Å². The Kier molecular flexibility index (Phi) is 6.96. The molecule has 5 nitrogen and oxygen atoms in total. The average molecular weight is 242 g/mol. The van der Waals surface area contributed by atoms with E-state index in [4.69, 9.17) is 4.74 Å². The molecule has 5 heteroatoms. The smallest absolute Gasteiger partial charge is 0.191 e. The SMILES string of the molecule is CCNC(=NCCN1CCOCC1)NC(C)C. The van der Waals surface area contributed by atoms with Gasteiger partial charge in [0, 0.05) is 32.2 Å². The van der Waals surface area contributed by atoms with Crippen LogP contribution in [0.4, 0.5) is 0 Å². The molecule has 0 spiro atoms. The van der Waals surface area contributed by atoms with Crippen molar-refractivity contribution in [2.24, 2.45) is 4.99 Å². The molecule has 0 atom stereocenters. The number of hydrogen-bond donors (Lipinski definition) is 2. The summed E-state index contributed by atoms with van der Waals surface area (Å²) in [6.45, 7) is 12.8. The maximum Gasteiger partial charge on any atom is 0.191 e. The molecule has 1 rings (SSSR count). The Bertz CT molecular complexity index is 225. The van der Waals surface area contributed by atoms with Gasteiger partial charge >= 0.3 is 0 Å². The third-order valence-electron chi connectivity index (χ3n) is 2.56. The highest BCUT2D eigenvalue weighted by Gasteiger charge is 2.09. The summed E-state index contributed by atoms with van der Waals surface area (Å²) in [5.74, 6) is 0.913. The van der Waals surface area contributed by atoms with Crippen molar-refractivity contribution in [3.63, 3.8) is 0 Å². The highest BCUT2D eigenvalue weighted by molar-refractivity contribution is 5.79. The van der Waals surface area contributed by atoms with E-state index in [1.54, 1.807) is 0 Å². The van der Waals surface area contributed by atoms with Gasteiger partial charge in [0.25, 0.3) is 0 Å². The fourth-order valence-electron chi connectivity index (χ4n) is 1.72. The van der Waals surface area contributed by atoms with E-state index in [-0.39, 0.29) is 0 Å². The van der Waals surface area contributed by atoms with Gasteiger partial charge in [0.2, 0.25) is 0 Å². The van der Waals surface area contributed by atoms with Crippen molar-refractivity contribution < 1.29 is 4.74 Å².